The van der Waals surface area contributed by atoms with Crippen LogP contribution in [0.3, 0.4) is 0 Å². The van der Waals surface area contributed by atoms with Gasteiger partial charge in [-0.1, -0.05) is 78.3 Å². The molecular formula is C39H57ClN4O4S. The van der Waals surface area contributed by atoms with Crippen molar-refractivity contribution in [2.24, 2.45) is 16.8 Å². The molecule has 0 aromatic heterocycles. The summed E-state index contributed by atoms with van der Waals surface area (Å²) in [6, 6.07) is 11.8. The summed E-state index contributed by atoms with van der Waals surface area (Å²) in [5.74, 6) is 1.71. The molecule has 2 aromatic carbocycles. The molecule has 49 heavy (non-hydrogen) atoms. The molecule has 8 nitrogen and oxygen atoms in total. The zero-order valence-electron chi connectivity index (χ0n) is 30.9. The van der Waals surface area contributed by atoms with Gasteiger partial charge in [-0.25, -0.2) is 4.99 Å². The molecule has 0 radical (unpaired) electrons. The van der Waals surface area contributed by atoms with E-state index in [4.69, 9.17) is 26.4 Å². The molecule has 0 aliphatic carbocycles. The molecule has 1 aliphatic rings. The summed E-state index contributed by atoms with van der Waals surface area (Å²) in [5.41, 5.74) is 3.35. The van der Waals surface area contributed by atoms with E-state index in [1.165, 1.54) is 0 Å². The molecule has 0 spiro atoms. The largest absolute Gasteiger partial charge is 0.489 e. The number of carboxylic acids is 1. The molecule has 3 atom stereocenters. The third-order valence-electron chi connectivity index (χ3n) is 7.75. The quantitative estimate of drug-likeness (QED) is 0.0475. The van der Waals surface area contributed by atoms with E-state index in [0.29, 0.717) is 39.3 Å². The summed E-state index contributed by atoms with van der Waals surface area (Å²) >= 11 is 8.54. The number of carboxylic acid groups (broad SMARTS) is 1. The van der Waals surface area contributed by atoms with Crippen molar-refractivity contribution in [3.05, 3.63) is 70.5 Å². The lowest BCUT2D eigenvalue weighted by Crippen LogP contribution is -2.29. The van der Waals surface area contributed by atoms with Gasteiger partial charge in [0.25, 0.3) is 0 Å². The van der Waals surface area contributed by atoms with Gasteiger partial charge in [0, 0.05) is 21.6 Å². The van der Waals surface area contributed by atoms with E-state index in [0.717, 1.165) is 53.9 Å². The van der Waals surface area contributed by atoms with Crippen LogP contribution >= 0.6 is 23.4 Å². The van der Waals surface area contributed by atoms with Crippen LogP contribution in [-0.2, 0) is 11.2 Å². The van der Waals surface area contributed by atoms with Crippen molar-refractivity contribution >= 4 is 52.3 Å². The van der Waals surface area contributed by atoms with E-state index in [1.807, 2.05) is 77.1 Å². The number of nitrogens with one attached hydrogen (secondary N) is 3. The first-order valence-corrected chi connectivity index (χ1v) is 18.7. The molecule has 3 rings (SSSR count). The number of para-hydroxylation sites is 1. The minimum atomic E-state index is -0.723. The summed E-state index contributed by atoms with van der Waals surface area (Å²) in [7, 11) is 0. The minimum Gasteiger partial charge on any atom is -0.489 e. The Morgan fingerprint density at radius 2 is 1.80 bits per heavy atom. The van der Waals surface area contributed by atoms with Crippen LogP contribution < -0.4 is 20.7 Å². The number of aliphatic carboxylic acids is 1. The van der Waals surface area contributed by atoms with Crippen LogP contribution in [0.2, 0.25) is 0 Å². The molecule has 1 saturated heterocycles. The molecule has 1 fully saturated rings. The number of ether oxygens (including phenoxy) is 1. The van der Waals surface area contributed by atoms with E-state index in [2.05, 4.69) is 56.6 Å². The Hall–Kier alpha value is -3.27. The predicted molar refractivity (Wildman–Crippen MR) is 209 cm³/mol. The number of ketones is 1. The van der Waals surface area contributed by atoms with Gasteiger partial charge in [0.2, 0.25) is 0 Å². The number of anilines is 2. The number of hydrogen-bond donors (Lipinski definition) is 4. The highest BCUT2D eigenvalue weighted by Gasteiger charge is 2.26. The van der Waals surface area contributed by atoms with E-state index >= 15 is 0 Å². The Labute approximate surface area is 303 Å². The summed E-state index contributed by atoms with van der Waals surface area (Å²) in [6.07, 6.45) is 7.00. The van der Waals surface area contributed by atoms with Crippen molar-refractivity contribution < 1.29 is 19.4 Å². The smallest absolute Gasteiger partial charge is 0.320 e. The lowest BCUT2D eigenvalue weighted by atomic mass is 9.92. The van der Waals surface area contributed by atoms with Gasteiger partial charge in [-0.2, -0.15) is 0 Å². The number of carbonyl (C=O) groups excluding carboxylic acids is 1. The molecule has 1 aliphatic heterocycles. The molecule has 0 bridgehead atoms. The molecule has 4 N–H and O–H groups in total. The molecule has 3 unspecified atom stereocenters. The number of benzene rings is 2. The van der Waals surface area contributed by atoms with Gasteiger partial charge in [0.05, 0.1) is 22.5 Å². The van der Waals surface area contributed by atoms with Crippen LogP contribution in [-0.4, -0.2) is 46.6 Å². The van der Waals surface area contributed by atoms with E-state index in [1.54, 1.807) is 11.8 Å². The van der Waals surface area contributed by atoms with Crippen LogP contribution in [0.15, 0.2) is 69.3 Å². The Bertz CT molecular complexity index is 1490. The average molecular weight is 713 g/mol. The topological polar surface area (TPSA) is 112 Å². The number of amidine groups is 1. The fourth-order valence-corrected chi connectivity index (χ4v) is 6.12. The number of aliphatic imine (C=N–C) groups is 1. The molecule has 1 heterocycles. The van der Waals surface area contributed by atoms with Crippen molar-refractivity contribution in [3.8, 4) is 5.75 Å². The normalized spacial score (nSPS) is 17.4. The van der Waals surface area contributed by atoms with Crippen molar-refractivity contribution in [1.29, 1.82) is 0 Å². The van der Waals surface area contributed by atoms with Gasteiger partial charge < -0.3 is 25.8 Å². The minimum absolute atomic E-state index is 0.0284. The summed E-state index contributed by atoms with van der Waals surface area (Å²) in [5, 5.41) is 19.2. The summed E-state index contributed by atoms with van der Waals surface area (Å²) in [6.45, 7) is 21.2. The number of aryl methyl sites for hydroxylation is 1. The lowest BCUT2D eigenvalue weighted by molar-refractivity contribution is -0.139. The zero-order valence-corrected chi connectivity index (χ0v) is 32.5. The number of halogens is 1. The highest BCUT2D eigenvalue weighted by atomic mass is 35.5. The standard InChI is InChI=1S/C33H46ClN3O2S.C6H11NO2/c1-10-13-16-27(34)33(37-28-17-14-15-18-31(28)40-22(6)7)36-24(9)35-29-20-26(32(38)23(8)11-2)25(12-3)19-30(29)39-21(4)5;1-4-2-5(6(8)9)7-3-4/h13-23,37H,10-12H2,1-9H3,(H,35,36);4-5,7H,2-3H2,1H3,(H,8,9)/b16-13+,33-27-;. The van der Waals surface area contributed by atoms with Gasteiger partial charge in [0.1, 0.15) is 17.6 Å². The molecule has 270 valence electrons. The monoisotopic (exact) mass is 712 g/mol. The van der Waals surface area contributed by atoms with Gasteiger partial charge >= 0.3 is 5.97 Å². The number of rotatable bonds is 15. The lowest BCUT2D eigenvalue weighted by Gasteiger charge is -2.20. The van der Waals surface area contributed by atoms with Crippen molar-refractivity contribution in [2.75, 3.05) is 17.2 Å². The maximum atomic E-state index is 13.3. The number of nitrogens with zero attached hydrogens (tertiary/aromatic N) is 1. The van der Waals surface area contributed by atoms with Gasteiger partial charge in [-0.15, -0.1) is 11.8 Å². The number of thioether (sulfide) groups is 1. The number of carbonyl (C=O) groups is 2. The van der Waals surface area contributed by atoms with Crippen LogP contribution in [0.1, 0.15) is 104 Å². The predicted octanol–water partition coefficient (Wildman–Crippen LogP) is 10.2. The second-order valence-corrected chi connectivity index (χ2v) is 15.0. The van der Waals surface area contributed by atoms with Crippen molar-refractivity contribution in [1.82, 2.24) is 5.32 Å². The Kier molecular flexibility index (Phi) is 18.0. The van der Waals surface area contributed by atoms with E-state index in [-0.39, 0.29) is 23.8 Å². The van der Waals surface area contributed by atoms with Gasteiger partial charge in [-0.3, -0.25) is 9.59 Å². The first-order valence-electron chi connectivity index (χ1n) is 17.5. The summed E-state index contributed by atoms with van der Waals surface area (Å²) in [4.78, 5) is 29.5. The molecule has 0 saturated carbocycles. The fourth-order valence-electron chi connectivity index (χ4n) is 5.03. The van der Waals surface area contributed by atoms with Crippen LogP contribution in [0.5, 0.6) is 5.75 Å². The Morgan fingerprint density at radius 3 is 2.33 bits per heavy atom. The Balaban J connectivity index is 0.000000797. The average Bonchev–Trinajstić information content (AvgIpc) is 3.50. The van der Waals surface area contributed by atoms with Crippen molar-refractivity contribution in [2.45, 2.75) is 117 Å². The number of Topliss-reactive ketones (excluding diaryl/α,β-unsaturated/α-hetero) is 1. The van der Waals surface area contributed by atoms with E-state index in [9.17, 15) is 9.59 Å². The van der Waals surface area contributed by atoms with Crippen LogP contribution in [0.25, 0.3) is 0 Å². The maximum Gasteiger partial charge on any atom is 0.320 e. The molecule has 0 amide bonds. The first kappa shape index (κ1) is 41.9. The van der Waals surface area contributed by atoms with Gasteiger partial charge in [0.15, 0.2) is 11.6 Å². The van der Waals surface area contributed by atoms with Gasteiger partial charge in [-0.05, 0) is 94.8 Å². The molecule has 10 heteroatoms. The first-order chi connectivity index (χ1) is 23.2. The summed E-state index contributed by atoms with van der Waals surface area (Å²) < 4.78 is 6.17. The number of hydrogen-bond acceptors (Lipinski definition) is 7. The number of allylic oxidation sites excluding steroid dienone is 3. The van der Waals surface area contributed by atoms with E-state index < -0.39 is 5.97 Å². The molecular weight excluding hydrogens is 656 g/mol. The highest BCUT2D eigenvalue weighted by molar-refractivity contribution is 8.00. The third-order valence-corrected chi connectivity index (χ3v) is 9.13. The van der Waals surface area contributed by atoms with Crippen molar-refractivity contribution in [3.63, 3.8) is 0 Å². The molecule has 2 aromatic rings. The second-order valence-electron chi connectivity index (χ2n) is 13.0. The van der Waals surface area contributed by atoms with Crippen LogP contribution in [0.4, 0.5) is 11.4 Å². The highest BCUT2D eigenvalue weighted by Crippen LogP contribution is 2.34. The Morgan fingerprint density at radius 1 is 1.10 bits per heavy atom. The fraction of sp³-hybridized carbons (Fsp3) is 0.513. The third kappa shape index (κ3) is 13.9. The maximum absolute atomic E-state index is 13.3. The SMILES string of the molecule is CC/C=C/C(Cl)=C(\N=C(/C)Nc1cc(C(=O)C(C)CC)c(CC)cc1OC(C)C)Nc1ccccc1SC(C)C.CC1CNC(C(=O)O)C1. The van der Waals surface area contributed by atoms with Crippen LogP contribution in [0, 0.1) is 11.8 Å². The second kappa shape index (κ2) is 21.1. The zero-order chi connectivity index (χ0) is 36.7.